The van der Waals surface area contributed by atoms with Crippen molar-refractivity contribution in [3.63, 3.8) is 0 Å². The molecule has 1 fully saturated rings. The van der Waals surface area contributed by atoms with Gasteiger partial charge in [0.15, 0.2) is 5.78 Å². The minimum atomic E-state index is -2.87. The number of rotatable bonds is 8. The molecule has 0 saturated carbocycles. The van der Waals surface area contributed by atoms with Crippen LogP contribution in [0.2, 0.25) is 0 Å². The Kier molecular flexibility index (Phi) is 7.26. The van der Waals surface area contributed by atoms with E-state index < -0.39 is 12.3 Å². The number of piperidine rings is 1. The van der Waals surface area contributed by atoms with Crippen molar-refractivity contribution in [2.24, 2.45) is 5.92 Å². The van der Waals surface area contributed by atoms with Crippen LogP contribution < -0.4 is 5.32 Å². The number of nitrogens with one attached hydrogen (secondary N) is 1. The topological polar surface area (TPSA) is 68.0 Å². The first-order valence-corrected chi connectivity index (χ1v) is 11.3. The maximum Gasteiger partial charge on any atom is 0.314 e. The molecule has 0 aliphatic carbocycles. The van der Waals surface area contributed by atoms with Crippen LogP contribution in [0.4, 0.5) is 13.2 Å². The standard InChI is InChI=1S/C26H26F3N3O2/c1-3-16-6-7-19(25-31-32-26(34-25)24(28)29)14-21(16)23(33)15(2)13-18-5-4-12-30-22(18)17-8-10-20(27)11-9-17/h6-11,14,18,22,24,30H,2-5,12-13H2,1H3/t18?,22-/m1/s1. The second-order valence-corrected chi connectivity index (χ2v) is 8.49. The van der Waals surface area contributed by atoms with Gasteiger partial charge in [-0.05, 0) is 79.1 Å². The Balaban J connectivity index is 1.56. The van der Waals surface area contributed by atoms with Crippen LogP contribution in [-0.4, -0.2) is 22.5 Å². The summed E-state index contributed by atoms with van der Waals surface area (Å²) in [6.07, 6.45) is 0.125. The van der Waals surface area contributed by atoms with E-state index in [1.54, 1.807) is 30.3 Å². The largest absolute Gasteiger partial charge is 0.415 e. The third-order valence-corrected chi connectivity index (χ3v) is 6.26. The van der Waals surface area contributed by atoms with Crippen molar-refractivity contribution in [1.29, 1.82) is 0 Å². The molecule has 1 unspecified atom stereocenters. The summed E-state index contributed by atoms with van der Waals surface area (Å²) in [5, 5.41) is 10.5. The molecular weight excluding hydrogens is 443 g/mol. The van der Waals surface area contributed by atoms with E-state index in [1.165, 1.54) is 12.1 Å². The molecule has 0 spiro atoms. The van der Waals surface area contributed by atoms with Crippen LogP contribution in [0, 0.1) is 11.7 Å². The lowest BCUT2D eigenvalue weighted by atomic mass is 9.80. The Morgan fingerprint density at radius 1 is 1.21 bits per heavy atom. The summed E-state index contributed by atoms with van der Waals surface area (Å²) < 4.78 is 44.1. The van der Waals surface area contributed by atoms with Gasteiger partial charge in [0.05, 0.1) is 0 Å². The van der Waals surface area contributed by atoms with Gasteiger partial charge in [-0.15, -0.1) is 10.2 Å². The van der Waals surface area contributed by atoms with Crippen molar-refractivity contribution < 1.29 is 22.4 Å². The van der Waals surface area contributed by atoms with E-state index in [4.69, 9.17) is 4.42 Å². The van der Waals surface area contributed by atoms with E-state index >= 15 is 0 Å². The van der Waals surface area contributed by atoms with Gasteiger partial charge in [-0.1, -0.05) is 31.7 Å². The first-order chi connectivity index (χ1) is 16.4. The second kappa shape index (κ2) is 10.3. The quantitative estimate of drug-likeness (QED) is 0.312. The average molecular weight is 470 g/mol. The summed E-state index contributed by atoms with van der Waals surface area (Å²) in [6.45, 7) is 6.87. The van der Waals surface area contributed by atoms with Gasteiger partial charge in [0.2, 0.25) is 5.89 Å². The smallest absolute Gasteiger partial charge is 0.314 e. The predicted octanol–water partition coefficient (Wildman–Crippen LogP) is 6.25. The molecule has 5 nitrogen and oxygen atoms in total. The molecule has 4 rings (SSSR count). The first-order valence-electron chi connectivity index (χ1n) is 11.3. The molecular formula is C26H26F3N3O2. The molecule has 2 aromatic carbocycles. The number of allylic oxidation sites excluding steroid dienone is 1. The van der Waals surface area contributed by atoms with E-state index in [0.29, 0.717) is 29.5 Å². The molecule has 0 radical (unpaired) electrons. The maximum absolute atomic E-state index is 13.4. The van der Waals surface area contributed by atoms with Crippen molar-refractivity contribution >= 4 is 5.78 Å². The number of carbonyl (C=O) groups excluding carboxylic acids is 1. The summed E-state index contributed by atoms with van der Waals surface area (Å²) in [7, 11) is 0. The third kappa shape index (κ3) is 5.12. The first kappa shape index (κ1) is 23.9. The van der Waals surface area contributed by atoms with Crippen LogP contribution in [0.3, 0.4) is 0 Å². The lowest BCUT2D eigenvalue weighted by Gasteiger charge is -2.33. The van der Waals surface area contributed by atoms with Gasteiger partial charge in [-0.3, -0.25) is 4.79 Å². The predicted molar refractivity (Wildman–Crippen MR) is 122 cm³/mol. The van der Waals surface area contributed by atoms with E-state index in [0.717, 1.165) is 30.5 Å². The normalized spacial score (nSPS) is 18.3. The highest BCUT2D eigenvalue weighted by atomic mass is 19.3. The number of aromatic nitrogens is 2. The van der Waals surface area contributed by atoms with Crippen LogP contribution in [0.1, 0.15) is 66.0 Å². The van der Waals surface area contributed by atoms with E-state index in [-0.39, 0.29) is 29.5 Å². The van der Waals surface area contributed by atoms with E-state index in [2.05, 4.69) is 22.1 Å². The Morgan fingerprint density at radius 3 is 2.65 bits per heavy atom. The van der Waals surface area contributed by atoms with Gasteiger partial charge in [0.1, 0.15) is 5.82 Å². The van der Waals surface area contributed by atoms with Crippen LogP contribution >= 0.6 is 0 Å². The Hall–Kier alpha value is -3.26. The van der Waals surface area contributed by atoms with Gasteiger partial charge in [-0.25, -0.2) is 4.39 Å². The molecule has 34 heavy (non-hydrogen) atoms. The zero-order valence-electron chi connectivity index (χ0n) is 18.9. The Labute approximate surface area is 196 Å². The molecule has 1 N–H and O–H groups in total. The molecule has 1 aliphatic rings. The third-order valence-electron chi connectivity index (χ3n) is 6.26. The summed E-state index contributed by atoms with van der Waals surface area (Å²) >= 11 is 0. The lowest BCUT2D eigenvalue weighted by Crippen LogP contribution is -2.34. The van der Waals surface area contributed by atoms with Crippen molar-refractivity contribution in [3.8, 4) is 11.5 Å². The lowest BCUT2D eigenvalue weighted by molar-refractivity contribution is 0.102. The molecule has 3 aromatic rings. The van der Waals surface area contributed by atoms with Crippen molar-refractivity contribution in [1.82, 2.24) is 15.5 Å². The van der Waals surface area contributed by atoms with Crippen LogP contribution in [0.5, 0.6) is 0 Å². The minimum absolute atomic E-state index is 0.00189. The van der Waals surface area contributed by atoms with Gasteiger partial charge in [-0.2, -0.15) is 8.78 Å². The van der Waals surface area contributed by atoms with Crippen LogP contribution in [-0.2, 0) is 6.42 Å². The molecule has 2 atom stereocenters. The van der Waals surface area contributed by atoms with Gasteiger partial charge in [0, 0.05) is 17.2 Å². The summed E-state index contributed by atoms with van der Waals surface area (Å²) in [4.78, 5) is 13.4. The number of nitrogens with zero attached hydrogens (tertiary/aromatic N) is 2. The molecule has 0 amide bonds. The zero-order chi connectivity index (χ0) is 24.2. The van der Waals surface area contributed by atoms with E-state index in [1.807, 2.05) is 6.92 Å². The zero-order valence-corrected chi connectivity index (χ0v) is 18.9. The highest BCUT2D eigenvalue weighted by Gasteiger charge is 2.29. The highest BCUT2D eigenvalue weighted by Crippen LogP contribution is 2.35. The molecule has 1 aromatic heterocycles. The maximum atomic E-state index is 13.4. The molecule has 1 saturated heterocycles. The fraction of sp³-hybridized carbons (Fsp3) is 0.346. The number of halogens is 3. The van der Waals surface area contributed by atoms with Crippen molar-refractivity contribution in [2.45, 2.75) is 45.1 Å². The second-order valence-electron chi connectivity index (χ2n) is 8.49. The highest BCUT2D eigenvalue weighted by molar-refractivity contribution is 6.09. The minimum Gasteiger partial charge on any atom is -0.415 e. The molecule has 1 aliphatic heterocycles. The summed E-state index contributed by atoms with van der Waals surface area (Å²) in [5.41, 5.74) is 3.11. The van der Waals surface area contributed by atoms with E-state index in [9.17, 15) is 18.0 Å². The van der Waals surface area contributed by atoms with Crippen LogP contribution in [0.25, 0.3) is 11.5 Å². The number of Topliss-reactive ketones (excluding diaryl/α,β-unsaturated/α-hetero) is 1. The number of benzene rings is 2. The summed E-state index contributed by atoms with van der Waals surface area (Å²) in [6, 6.07) is 11.5. The summed E-state index contributed by atoms with van der Waals surface area (Å²) in [5.74, 6) is -1.18. The molecule has 8 heteroatoms. The van der Waals surface area contributed by atoms with Gasteiger partial charge >= 0.3 is 6.43 Å². The van der Waals surface area contributed by atoms with Crippen molar-refractivity contribution in [3.05, 3.63) is 83.0 Å². The SMILES string of the molecule is C=C(CC1CCCN[C@@H]1c1ccc(F)cc1)C(=O)c1cc(-c2nnc(C(F)F)o2)ccc1CC. The number of hydrogen-bond donors (Lipinski definition) is 1. The van der Waals surface area contributed by atoms with Gasteiger partial charge < -0.3 is 9.73 Å². The fourth-order valence-electron chi connectivity index (χ4n) is 4.50. The number of carbonyl (C=O) groups is 1. The molecule has 0 bridgehead atoms. The number of aryl methyl sites for hydroxylation is 1. The molecule has 2 heterocycles. The monoisotopic (exact) mass is 469 g/mol. The van der Waals surface area contributed by atoms with Crippen molar-refractivity contribution in [2.75, 3.05) is 6.54 Å². The number of ketones is 1. The number of hydrogen-bond acceptors (Lipinski definition) is 5. The van der Waals surface area contributed by atoms with Gasteiger partial charge in [0.25, 0.3) is 5.89 Å². The average Bonchev–Trinajstić information content (AvgIpc) is 3.35. The number of alkyl halides is 2. The Bertz CT molecular complexity index is 1170. The fourth-order valence-corrected chi connectivity index (χ4v) is 4.50. The van der Waals surface area contributed by atoms with Crippen LogP contribution in [0.15, 0.2) is 59.0 Å². The molecule has 178 valence electrons. The Morgan fingerprint density at radius 2 is 1.97 bits per heavy atom.